The molecule has 1 heterocycles. The summed E-state index contributed by atoms with van der Waals surface area (Å²) in [6.07, 6.45) is 0.833. The highest BCUT2D eigenvalue weighted by molar-refractivity contribution is 5.99. The van der Waals surface area contributed by atoms with Crippen LogP contribution >= 0.6 is 0 Å². The van der Waals surface area contributed by atoms with Crippen molar-refractivity contribution in [2.75, 3.05) is 13.7 Å². The number of halogens is 2. The number of aromatic nitrogens is 1. The second-order valence-corrected chi connectivity index (χ2v) is 2.46. The van der Waals surface area contributed by atoms with Crippen molar-refractivity contribution < 1.29 is 18.7 Å². The summed E-state index contributed by atoms with van der Waals surface area (Å²) in [6.45, 7) is -0.105. The number of nitrogens with zero attached hydrogens (tertiary/aromatic N) is 2. The predicted molar refractivity (Wildman–Crippen MR) is 44.4 cm³/mol. The van der Waals surface area contributed by atoms with E-state index in [1.54, 1.807) is 0 Å². The van der Waals surface area contributed by atoms with Gasteiger partial charge in [0.1, 0.15) is 17.2 Å². The van der Waals surface area contributed by atoms with Gasteiger partial charge >= 0.3 is 0 Å². The molecule has 0 aromatic carbocycles. The van der Waals surface area contributed by atoms with E-state index >= 15 is 0 Å². The van der Waals surface area contributed by atoms with E-state index in [4.69, 9.17) is 5.21 Å². The molecule has 0 aliphatic carbocycles. The van der Waals surface area contributed by atoms with E-state index in [1.807, 2.05) is 0 Å². The van der Waals surface area contributed by atoms with Crippen LogP contribution < -0.4 is 0 Å². The summed E-state index contributed by atoms with van der Waals surface area (Å²) in [5.41, 5.74) is -0.319. The Labute approximate surface area is 78.8 Å². The molecular weight excluding hydrogens is 194 g/mol. The van der Waals surface area contributed by atoms with E-state index in [1.165, 1.54) is 7.11 Å². The summed E-state index contributed by atoms with van der Waals surface area (Å²) < 4.78 is 30.2. The number of methoxy groups -OCH3 is 1. The minimum atomic E-state index is -0.894. The Bertz CT molecular complexity index is 355. The molecule has 0 unspecified atom stereocenters. The number of hydrogen-bond acceptors (Lipinski definition) is 4. The maximum absolute atomic E-state index is 13.1. The van der Waals surface area contributed by atoms with Crippen molar-refractivity contribution in [3.05, 3.63) is 29.6 Å². The van der Waals surface area contributed by atoms with Gasteiger partial charge in [0.25, 0.3) is 0 Å². The minimum absolute atomic E-state index is 0.0926. The Morgan fingerprint density at radius 2 is 2.36 bits per heavy atom. The van der Waals surface area contributed by atoms with Crippen molar-refractivity contribution >= 4 is 5.71 Å². The van der Waals surface area contributed by atoms with Gasteiger partial charge in [0, 0.05) is 13.2 Å². The van der Waals surface area contributed by atoms with Gasteiger partial charge in [-0.15, -0.1) is 0 Å². The van der Waals surface area contributed by atoms with Gasteiger partial charge in [-0.05, 0) is 0 Å². The van der Waals surface area contributed by atoms with Crippen molar-refractivity contribution in [3.8, 4) is 0 Å². The molecule has 0 saturated heterocycles. The van der Waals surface area contributed by atoms with Crippen molar-refractivity contribution in [2.45, 2.75) is 0 Å². The molecule has 0 radical (unpaired) electrons. The summed E-state index contributed by atoms with van der Waals surface area (Å²) in [6, 6.07) is 0.656. The first-order valence-electron chi connectivity index (χ1n) is 3.70. The van der Waals surface area contributed by atoms with E-state index in [0.29, 0.717) is 6.07 Å². The molecule has 1 aromatic rings. The molecule has 1 rings (SSSR count). The molecule has 76 valence electrons. The van der Waals surface area contributed by atoms with E-state index in [2.05, 4.69) is 14.9 Å². The molecule has 1 N–H and O–H groups in total. The number of ether oxygens (including phenoxy) is 1. The summed E-state index contributed by atoms with van der Waals surface area (Å²) in [7, 11) is 1.35. The lowest BCUT2D eigenvalue weighted by Gasteiger charge is -2.03. The zero-order chi connectivity index (χ0) is 10.6. The largest absolute Gasteiger partial charge is 0.411 e. The van der Waals surface area contributed by atoms with Gasteiger partial charge < -0.3 is 9.94 Å². The fourth-order valence-corrected chi connectivity index (χ4v) is 0.908. The van der Waals surface area contributed by atoms with Gasteiger partial charge in [-0.25, -0.2) is 13.8 Å². The summed E-state index contributed by atoms with van der Waals surface area (Å²) in [5.74, 6) is -1.68. The van der Waals surface area contributed by atoms with E-state index < -0.39 is 11.6 Å². The Morgan fingerprint density at radius 1 is 1.64 bits per heavy atom. The van der Waals surface area contributed by atoms with E-state index in [0.717, 1.165) is 6.20 Å². The molecule has 0 spiro atoms. The fourth-order valence-electron chi connectivity index (χ4n) is 0.908. The van der Waals surface area contributed by atoms with Gasteiger partial charge in [-0.3, -0.25) is 0 Å². The monoisotopic (exact) mass is 202 g/mol. The molecule has 1 aromatic heterocycles. The topological polar surface area (TPSA) is 54.7 Å². The molecule has 0 amide bonds. The lowest BCUT2D eigenvalue weighted by Crippen LogP contribution is -2.13. The molecule has 4 nitrogen and oxygen atoms in total. The zero-order valence-corrected chi connectivity index (χ0v) is 7.37. The molecule has 14 heavy (non-hydrogen) atoms. The highest BCUT2D eigenvalue weighted by Gasteiger charge is 2.12. The van der Waals surface area contributed by atoms with Crippen LogP contribution in [0.1, 0.15) is 5.69 Å². The molecule has 6 heteroatoms. The van der Waals surface area contributed by atoms with Crippen molar-refractivity contribution in [3.63, 3.8) is 0 Å². The molecule has 0 aliphatic heterocycles. The first kappa shape index (κ1) is 10.5. The standard InChI is InChI=1S/C8H8F2N2O2/c1-14-4-7(12-13)8-6(10)2-5(9)3-11-8/h2-3,13H,4H2,1H3/b12-7-. The predicted octanol–water partition coefficient (Wildman–Crippen LogP) is 1.18. The quantitative estimate of drug-likeness (QED) is 0.455. The van der Waals surface area contributed by atoms with Gasteiger partial charge in [-0.2, -0.15) is 0 Å². The zero-order valence-electron chi connectivity index (χ0n) is 7.37. The van der Waals surface area contributed by atoms with Crippen LogP contribution in [-0.2, 0) is 4.74 Å². The second-order valence-electron chi connectivity index (χ2n) is 2.46. The van der Waals surface area contributed by atoms with Gasteiger partial charge in [0.2, 0.25) is 0 Å². The van der Waals surface area contributed by atoms with Crippen LogP contribution in [-0.4, -0.2) is 29.6 Å². The van der Waals surface area contributed by atoms with E-state index in [9.17, 15) is 8.78 Å². The number of oxime groups is 1. The van der Waals surface area contributed by atoms with Crippen molar-refractivity contribution in [1.29, 1.82) is 0 Å². The number of pyridine rings is 1. The first-order valence-corrected chi connectivity index (χ1v) is 3.70. The molecule has 0 atom stereocenters. The number of rotatable bonds is 3. The third-order valence-corrected chi connectivity index (χ3v) is 1.48. The lowest BCUT2D eigenvalue weighted by atomic mass is 10.2. The van der Waals surface area contributed by atoms with Crippen LogP contribution in [0.5, 0.6) is 0 Å². The Morgan fingerprint density at radius 3 is 2.86 bits per heavy atom. The van der Waals surface area contributed by atoms with Crippen LogP contribution in [0.25, 0.3) is 0 Å². The Kier molecular flexibility index (Phi) is 3.47. The van der Waals surface area contributed by atoms with Crippen LogP contribution in [0.2, 0.25) is 0 Å². The van der Waals surface area contributed by atoms with Crippen molar-refractivity contribution in [2.24, 2.45) is 5.16 Å². The van der Waals surface area contributed by atoms with Gasteiger partial charge in [0.05, 0.1) is 12.8 Å². The first-order chi connectivity index (χ1) is 6.69. The smallest absolute Gasteiger partial charge is 0.153 e. The van der Waals surface area contributed by atoms with Crippen molar-refractivity contribution in [1.82, 2.24) is 4.98 Å². The lowest BCUT2D eigenvalue weighted by molar-refractivity contribution is 0.237. The number of hydrogen-bond donors (Lipinski definition) is 1. The average Bonchev–Trinajstić information content (AvgIpc) is 2.15. The Balaban J connectivity index is 3.05. The summed E-state index contributed by atoms with van der Waals surface area (Å²) in [4.78, 5) is 3.45. The fraction of sp³-hybridized carbons (Fsp3) is 0.250. The normalized spacial score (nSPS) is 11.8. The molecular formula is C8H8F2N2O2. The average molecular weight is 202 g/mol. The summed E-state index contributed by atoms with van der Waals surface area (Å²) >= 11 is 0. The third kappa shape index (κ3) is 2.23. The van der Waals surface area contributed by atoms with Gasteiger partial charge in [-0.1, -0.05) is 5.16 Å². The highest BCUT2D eigenvalue weighted by Crippen LogP contribution is 2.07. The maximum atomic E-state index is 13.1. The molecule has 0 aliphatic rings. The Hall–Kier alpha value is -1.56. The second kappa shape index (κ2) is 4.61. The SMILES string of the molecule is COC/C(=N/O)c1ncc(F)cc1F. The minimum Gasteiger partial charge on any atom is -0.411 e. The van der Waals surface area contributed by atoms with Gasteiger partial charge in [0.15, 0.2) is 5.82 Å². The molecule has 0 bridgehead atoms. The maximum Gasteiger partial charge on any atom is 0.153 e. The molecule has 0 fully saturated rings. The van der Waals surface area contributed by atoms with E-state index in [-0.39, 0.29) is 18.0 Å². The third-order valence-electron chi connectivity index (χ3n) is 1.48. The highest BCUT2D eigenvalue weighted by atomic mass is 19.1. The van der Waals surface area contributed by atoms with Crippen LogP contribution in [0.15, 0.2) is 17.4 Å². The van der Waals surface area contributed by atoms with Crippen LogP contribution in [0, 0.1) is 11.6 Å². The molecule has 0 saturated carbocycles. The summed E-state index contributed by atoms with van der Waals surface area (Å²) in [5, 5.41) is 11.3. The van der Waals surface area contributed by atoms with Crippen LogP contribution in [0.3, 0.4) is 0 Å². The van der Waals surface area contributed by atoms with Crippen LogP contribution in [0.4, 0.5) is 8.78 Å².